The summed E-state index contributed by atoms with van der Waals surface area (Å²) < 4.78 is 36.3. The van der Waals surface area contributed by atoms with Crippen molar-refractivity contribution < 1.29 is 79.2 Å². The molecule has 8 fully saturated rings. The molecule has 0 spiro atoms. The second-order valence-corrected chi connectivity index (χ2v) is 22.5. The fraction of sp³-hybridized carbons (Fsp3) is 0.936. The number of carbonyl (C=O) groups is 1. The number of aliphatic carboxylic acids is 1. The number of hydrogen-bond acceptors (Lipinski definition) is 15. The van der Waals surface area contributed by atoms with Crippen LogP contribution >= 0.6 is 0 Å². The average Bonchev–Trinajstić information content (AvgIpc) is 3.64. The van der Waals surface area contributed by atoms with Crippen LogP contribution < -0.4 is 0 Å². The summed E-state index contributed by atoms with van der Waals surface area (Å²) in [6.07, 6.45) is -12.4. The summed E-state index contributed by atoms with van der Waals surface area (Å²) in [7, 11) is 0. The van der Waals surface area contributed by atoms with E-state index >= 15 is 0 Å². The lowest BCUT2D eigenvalue weighted by molar-refractivity contribution is -0.382. The molecule has 16 nitrogen and oxygen atoms in total. The van der Waals surface area contributed by atoms with Crippen LogP contribution in [0, 0.1) is 56.7 Å². The molecule has 5 aliphatic carbocycles. The fourth-order valence-corrected chi connectivity index (χ4v) is 15.7. The molecule has 4 unspecified atom stereocenters. The van der Waals surface area contributed by atoms with E-state index in [0.29, 0.717) is 24.7 Å². The number of ether oxygens (including phenoxy) is 6. The van der Waals surface area contributed by atoms with Gasteiger partial charge in [0.25, 0.3) is 0 Å². The second-order valence-electron chi connectivity index (χ2n) is 22.5. The van der Waals surface area contributed by atoms with Crippen molar-refractivity contribution in [2.45, 2.75) is 205 Å². The first-order chi connectivity index (χ1) is 29.5. The fourth-order valence-electron chi connectivity index (χ4n) is 15.7. The molecular weight excluding hydrogens is 821 g/mol. The lowest BCUT2D eigenvalue weighted by atomic mass is 9.32. The van der Waals surface area contributed by atoms with Crippen molar-refractivity contribution in [1.29, 1.82) is 0 Å². The molecule has 0 bridgehead atoms. The van der Waals surface area contributed by atoms with Crippen molar-refractivity contribution in [1.82, 2.24) is 0 Å². The van der Waals surface area contributed by atoms with Crippen LogP contribution in [0.5, 0.6) is 0 Å². The Kier molecular flexibility index (Phi) is 13.0. The zero-order valence-electron chi connectivity index (χ0n) is 38.1. The number of allylic oxidation sites excluding steroid dienone is 1. The van der Waals surface area contributed by atoms with Gasteiger partial charge in [0.1, 0.15) is 61.0 Å². The Morgan fingerprint density at radius 1 is 0.683 bits per heavy atom. The van der Waals surface area contributed by atoms with Crippen LogP contribution in [0.25, 0.3) is 0 Å². The predicted molar refractivity (Wildman–Crippen MR) is 223 cm³/mol. The number of carboxylic acids is 1. The van der Waals surface area contributed by atoms with E-state index in [1.807, 2.05) is 0 Å². The van der Waals surface area contributed by atoms with E-state index in [1.165, 1.54) is 6.92 Å². The molecule has 3 heterocycles. The van der Waals surface area contributed by atoms with E-state index in [9.17, 15) is 50.8 Å². The molecule has 0 aromatic heterocycles. The van der Waals surface area contributed by atoms with Crippen LogP contribution in [0.3, 0.4) is 0 Å². The Bertz CT molecular complexity index is 1700. The van der Waals surface area contributed by atoms with E-state index in [1.54, 1.807) is 0 Å². The lowest BCUT2D eigenvalue weighted by Gasteiger charge is -2.73. The molecule has 16 heteroatoms. The molecule has 5 saturated carbocycles. The van der Waals surface area contributed by atoms with Crippen molar-refractivity contribution in [2.75, 3.05) is 13.2 Å². The first-order valence-electron chi connectivity index (χ1n) is 23.6. The molecule has 0 amide bonds. The third-order valence-electron chi connectivity index (χ3n) is 19.4. The van der Waals surface area contributed by atoms with Gasteiger partial charge in [-0.1, -0.05) is 46.8 Å². The van der Waals surface area contributed by atoms with Crippen molar-refractivity contribution in [3.8, 4) is 0 Å². The summed E-state index contributed by atoms with van der Waals surface area (Å²) >= 11 is 0. The Morgan fingerprint density at radius 2 is 1.37 bits per heavy atom. The predicted octanol–water partition coefficient (Wildman–Crippen LogP) is 2.23. The van der Waals surface area contributed by atoms with Crippen LogP contribution in [-0.4, -0.2) is 157 Å². The zero-order valence-corrected chi connectivity index (χ0v) is 38.1. The van der Waals surface area contributed by atoms with Crippen molar-refractivity contribution in [3.63, 3.8) is 0 Å². The number of carboxylic acid groups (broad SMARTS) is 1. The lowest BCUT2D eigenvalue weighted by Crippen LogP contribution is -2.67. The summed E-state index contributed by atoms with van der Waals surface area (Å²) in [5.41, 5.74) is 0.0466. The average molecular weight is 897 g/mol. The topological polar surface area (TPSA) is 255 Å². The van der Waals surface area contributed by atoms with Gasteiger partial charge in [0.15, 0.2) is 18.9 Å². The number of aliphatic hydroxyl groups is 8. The smallest absolute Gasteiger partial charge is 0.309 e. The van der Waals surface area contributed by atoms with E-state index in [-0.39, 0.29) is 52.1 Å². The molecule has 63 heavy (non-hydrogen) atoms. The summed E-state index contributed by atoms with van der Waals surface area (Å²) in [4.78, 5) is 13.1. The molecule has 3 aliphatic heterocycles. The minimum absolute atomic E-state index is 0.0133. The SMILES string of the molecule is C=C(C)C1CC[C@]2(C(=O)O)CC[C@]3(C)C(CC[C@@H]4[C@@]5(C)CC[C@H](O[C@@H]6OC[C@H](O)[C@H](O)[C@H]6O[C@@H]6O[C@@H](C)[C@H](O)[C@@H](O[C@@H]7O[C@H](CO)[C@@H](O)[C@H](O)[C@H]7O)[C@H]6O)C(C)(C)C5CC[C@]43C)C12. The van der Waals surface area contributed by atoms with Crippen LogP contribution in [0.1, 0.15) is 113 Å². The molecule has 8 aliphatic rings. The highest BCUT2D eigenvalue weighted by Crippen LogP contribution is 2.77. The summed E-state index contributed by atoms with van der Waals surface area (Å²) in [5.74, 6) is 0.709. The molecule has 0 aromatic rings. The molecule has 24 atom stereocenters. The number of aliphatic hydroxyl groups excluding tert-OH is 8. The van der Waals surface area contributed by atoms with Crippen LogP contribution in [0.15, 0.2) is 12.2 Å². The van der Waals surface area contributed by atoms with Gasteiger partial charge < -0.3 is 74.4 Å². The van der Waals surface area contributed by atoms with Gasteiger partial charge in [-0.05, 0) is 129 Å². The Balaban J connectivity index is 0.989. The Morgan fingerprint density at radius 3 is 2.03 bits per heavy atom. The minimum atomic E-state index is -1.80. The normalized spacial score (nSPS) is 55.5. The van der Waals surface area contributed by atoms with Gasteiger partial charge in [-0.2, -0.15) is 0 Å². The number of fused-ring (bicyclic) bond motifs is 7. The third-order valence-corrected chi connectivity index (χ3v) is 19.4. The van der Waals surface area contributed by atoms with Gasteiger partial charge >= 0.3 is 5.97 Å². The summed E-state index contributed by atoms with van der Waals surface area (Å²) in [5, 5.41) is 96.4. The molecule has 9 N–H and O–H groups in total. The van der Waals surface area contributed by atoms with Crippen molar-refractivity contribution >= 4 is 5.97 Å². The van der Waals surface area contributed by atoms with Gasteiger partial charge in [0, 0.05) is 0 Å². The first kappa shape index (κ1) is 48.1. The quantitative estimate of drug-likeness (QED) is 0.119. The molecule has 0 radical (unpaired) electrons. The van der Waals surface area contributed by atoms with E-state index in [4.69, 9.17) is 28.4 Å². The molecule has 360 valence electrons. The third kappa shape index (κ3) is 7.33. The largest absolute Gasteiger partial charge is 0.481 e. The maximum atomic E-state index is 13.1. The number of rotatable bonds is 9. The molecule has 3 saturated heterocycles. The molecular formula is C47H76O16. The molecule has 8 rings (SSSR count). The molecule has 0 aromatic carbocycles. The van der Waals surface area contributed by atoms with E-state index in [2.05, 4.69) is 48.1 Å². The zero-order chi connectivity index (χ0) is 45.9. The highest BCUT2D eigenvalue weighted by atomic mass is 16.8. The van der Waals surface area contributed by atoms with Gasteiger partial charge in [0.2, 0.25) is 0 Å². The second kappa shape index (κ2) is 17.0. The van der Waals surface area contributed by atoms with Crippen molar-refractivity contribution in [3.05, 3.63) is 12.2 Å². The summed E-state index contributed by atoms with van der Waals surface area (Å²) in [6.45, 7) is 19.0. The van der Waals surface area contributed by atoms with Gasteiger partial charge in [0.05, 0.1) is 30.8 Å². The Labute approximate surface area is 371 Å². The van der Waals surface area contributed by atoms with Crippen LogP contribution in [0.4, 0.5) is 0 Å². The summed E-state index contributed by atoms with van der Waals surface area (Å²) in [6, 6.07) is 0. The Hall–Kier alpha value is -1.35. The van der Waals surface area contributed by atoms with Crippen LogP contribution in [-0.2, 0) is 33.2 Å². The number of hydrogen-bond donors (Lipinski definition) is 9. The van der Waals surface area contributed by atoms with Crippen LogP contribution in [0.2, 0.25) is 0 Å². The monoisotopic (exact) mass is 897 g/mol. The highest BCUT2D eigenvalue weighted by Gasteiger charge is 2.72. The standard InChI is InChI=1S/C47H76O16/c1-21(2)23-11-16-47(42(56)57)18-17-45(7)24(30(23)47)9-10-28-44(6)14-13-29(43(4,5)27(44)12-15-46(28,45)8)61-41-38(32(51)25(49)20-58-41)63-40-36(55)37(31(50)22(3)59-40)62-39-35(54)34(53)33(52)26(19-48)60-39/h22-41,48-55H,1,9-20H2,2-8H3,(H,56,57)/t22-,23?,24?,25-,26+,27?,28+,29-,30?,31-,32-,33+,34-,35+,36+,37+,38+,39-,40-,41-,44-,45+,46+,47-/m0/s1. The van der Waals surface area contributed by atoms with E-state index in [0.717, 1.165) is 56.9 Å². The van der Waals surface area contributed by atoms with Gasteiger partial charge in [-0.15, -0.1) is 0 Å². The first-order valence-corrected chi connectivity index (χ1v) is 23.6. The maximum absolute atomic E-state index is 13.1. The van der Waals surface area contributed by atoms with Gasteiger partial charge in [-0.3, -0.25) is 4.79 Å². The maximum Gasteiger partial charge on any atom is 0.309 e. The van der Waals surface area contributed by atoms with Gasteiger partial charge in [-0.25, -0.2) is 0 Å². The van der Waals surface area contributed by atoms with E-state index < -0.39 is 104 Å². The highest BCUT2D eigenvalue weighted by molar-refractivity contribution is 5.76. The van der Waals surface area contributed by atoms with Crippen molar-refractivity contribution in [2.24, 2.45) is 56.7 Å². The minimum Gasteiger partial charge on any atom is -0.481 e.